The van der Waals surface area contributed by atoms with Crippen molar-refractivity contribution in [2.24, 2.45) is 0 Å². The molecule has 0 amide bonds. The second kappa shape index (κ2) is 5.12. The molecule has 0 aliphatic heterocycles. The van der Waals surface area contributed by atoms with E-state index in [4.69, 9.17) is 4.74 Å². The first-order valence-electron chi connectivity index (χ1n) is 5.90. The van der Waals surface area contributed by atoms with Crippen molar-refractivity contribution in [1.82, 2.24) is 9.97 Å². The third-order valence-electron chi connectivity index (χ3n) is 3.08. The van der Waals surface area contributed by atoms with Gasteiger partial charge in [-0.3, -0.25) is 4.79 Å². The first-order valence-corrected chi connectivity index (χ1v) is 5.90. The normalized spacial score (nSPS) is 13.3. The van der Waals surface area contributed by atoms with E-state index >= 15 is 0 Å². The van der Waals surface area contributed by atoms with Crippen LogP contribution in [0.25, 0.3) is 0 Å². The molecule has 5 heteroatoms. The van der Waals surface area contributed by atoms with E-state index in [-0.39, 0.29) is 12.5 Å². The number of carbonyl (C=O) groups excluding carboxylic acids is 1. The number of fused-ring (bicyclic) bond motifs is 1. The Morgan fingerprint density at radius 2 is 2.29 bits per heavy atom. The molecule has 17 heavy (non-hydrogen) atoms. The number of aromatic nitrogens is 2. The molecular weight excluding hydrogens is 218 g/mol. The molecule has 0 atom stereocenters. The lowest BCUT2D eigenvalue weighted by Crippen LogP contribution is -2.32. The highest BCUT2D eigenvalue weighted by atomic mass is 16.5. The average molecular weight is 235 g/mol. The van der Waals surface area contributed by atoms with E-state index in [1.54, 1.807) is 6.33 Å². The van der Waals surface area contributed by atoms with Crippen molar-refractivity contribution in [3.63, 3.8) is 0 Å². The predicted molar refractivity (Wildman–Crippen MR) is 64.0 cm³/mol. The minimum Gasteiger partial charge on any atom is -0.468 e. The first-order chi connectivity index (χ1) is 8.26. The van der Waals surface area contributed by atoms with Crippen LogP contribution in [0.4, 0.5) is 5.82 Å². The standard InChI is InChI=1S/C12H17N3O2/c1-3-15(7-11(16)17-2)12-9-5-4-6-10(9)13-8-14-12/h8H,3-7H2,1-2H3. The molecule has 1 aliphatic carbocycles. The maximum atomic E-state index is 11.3. The number of hydrogen-bond donors (Lipinski definition) is 0. The third kappa shape index (κ3) is 2.38. The second-order valence-corrected chi connectivity index (χ2v) is 4.07. The lowest BCUT2D eigenvalue weighted by Gasteiger charge is -2.22. The van der Waals surface area contributed by atoms with E-state index in [0.29, 0.717) is 0 Å². The third-order valence-corrected chi connectivity index (χ3v) is 3.08. The zero-order valence-corrected chi connectivity index (χ0v) is 10.3. The maximum Gasteiger partial charge on any atom is 0.325 e. The Morgan fingerprint density at radius 3 is 3.00 bits per heavy atom. The molecule has 2 rings (SSSR count). The molecule has 1 aliphatic rings. The van der Waals surface area contributed by atoms with Crippen molar-refractivity contribution in [2.45, 2.75) is 26.2 Å². The smallest absolute Gasteiger partial charge is 0.325 e. The number of likely N-dealkylation sites (N-methyl/N-ethyl adjacent to an activating group) is 1. The predicted octanol–water partition coefficient (Wildman–Crippen LogP) is 0.965. The van der Waals surface area contributed by atoms with Crippen LogP contribution in [0.3, 0.4) is 0 Å². The molecule has 0 radical (unpaired) electrons. The van der Waals surface area contributed by atoms with Crippen LogP contribution in [0.1, 0.15) is 24.6 Å². The monoisotopic (exact) mass is 235 g/mol. The zero-order valence-electron chi connectivity index (χ0n) is 10.3. The Hall–Kier alpha value is -1.65. The van der Waals surface area contributed by atoms with Gasteiger partial charge in [0, 0.05) is 17.8 Å². The minimum atomic E-state index is -0.239. The van der Waals surface area contributed by atoms with Gasteiger partial charge in [-0.2, -0.15) is 0 Å². The largest absolute Gasteiger partial charge is 0.468 e. The van der Waals surface area contributed by atoms with Crippen LogP contribution in [0.2, 0.25) is 0 Å². The number of anilines is 1. The summed E-state index contributed by atoms with van der Waals surface area (Å²) in [6, 6.07) is 0. The number of ether oxygens (including phenoxy) is 1. The number of rotatable bonds is 4. The zero-order chi connectivity index (χ0) is 12.3. The van der Waals surface area contributed by atoms with Gasteiger partial charge in [-0.25, -0.2) is 9.97 Å². The van der Waals surface area contributed by atoms with Crippen molar-refractivity contribution < 1.29 is 9.53 Å². The molecule has 0 bridgehead atoms. The van der Waals surface area contributed by atoms with E-state index in [1.807, 2.05) is 11.8 Å². The molecule has 92 valence electrons. The van der Waals surface area contributed by atoms with Crippen molar-refractivity contribution in [3.05, 3.63) is 17.6 Å². The lowest BCUT2D eigenvalue weighted by molar-refractivity contribution is -0.138. The number of esters is 1. The van der Waals surface area contributed by atoms with Crippen LogP contribution in [0.15, 0.2) is 6.33 Å². The molecule has 0 spiro atoms. The second-order valence-electron chi connectivity index (χ2n) is 4.07. The van der Waals surface area contributed by atoms with Gasteiger partial charge in [0.2, 0.25) is 0 Å². The van der Waals surface area contributed by atoms with Crippen molar-refractivity contribution in [2.75, 3.05) is 25.1 Å². The van der Waals surface area contributed by atoms with Crippen LogP contribution < -0.4 is 4.90 Å². The highest BCUT2D eigenvalue weighted by Crippen LogP contribution is 2.27. The highest BCUT2D eigenvalue weighted by Gasteiger charge is 2.21. The van der Waals surface area contributed by atoms with E-state index in [1.165, 1.54) is 12.7 Å². The Bertz CT molecular complexity index is 420. The summed E-state index contributed by atoms with van der Waals surface area (Å²) < 4.78 is 4.70. The summed E-state index contributed by atoms with van der Waals surface area (Å²) in [7, 11) is 1.40. The Balaban J connectivity index is 2.25. The Kier molecular flexibility index (Phi) is 3.56. The fourth-order valence-corrected chi connectivity index (χ4v) is 2.17. The van der Waals surface area contributed by atoms with E-state index < -0.39 is 0 Å². The fraction of sp³-hybridized carbons (Fsp3) is 0.583. The Labute approximate surface area is 101 Å². The topological polar surface area (TPSA) is 55.3 Å². The molecule has 1 aromatic heterocycles. The molecule has 0 saturated heterocycles. The van der Waals surface area contributed by atoms with Crippen molar-refractivity contribution in [1.29, 1.82) is 0 Å². The van der Waals surface area contributed by atoms with Crippen LogP contribution in [-0.4, -0.2) is 36.1 Å². The summed E-state index contributed by atoms with van der Waals surface area (Å²) in [5, 5.41) is 0. The highest BCUT2D eigenvalue weighted by molar-refractivity contribution is 5.75. The van der Waals surface area contributed by atoms with E-state index in [0.717, 1.165) is 37.3 Å². The quantitative estimate of drug-likeness (QED) is 0.728. The molecule has 1 aromatic rings. The van der Waals surface area contributed by atoms with Gasteiger partial charge < -0.3 is 9.64 Å². The summed E-state index contributed by atoms with van der Waals surface area (Å²) in [6.45, 7) is 2.99. The Morgan fingerprint density at radius 1 is 1.47 bits per heavy atom. The SMILES string of the molecule is CCN(CC(=O)OC)c1ncnc2c1CCC2. The average Bonchev–Trinajstić information content (AvgIpc) is 2.83. The molecule has 1 heterocycles. The molecule has 5 nitrogen and oxygen atoms in total. The van der Waals surface area contributed by atoms with E-state index in [9.17, 15) is 4.79 Å². The molecule has 0 N–H and O–H groups in total. The molecule has 0 unspecified atom stereocenters. The van der Waals surface area contributed by atoms with Gasteiger partial charge in [0.25, 0.3) is 0 Å². The number of carbonyl (C=O) groups is 1. The number of aryl methyl sites for hydroxylation is 1. The maximum absolute atomic E-state index is 11.3. The van der Waals surface area contributed by atoms with Gasteiger partial charge in [-0.05, 0) is 26.2 Å². The van der Waals surface area contributed by atoms with Gasteiger partial charge in [0.1, 0.15) is 18.7 Å². The number of methoxy groups -OCH3 is 1. The van der Waals surface area contributed by atoms with Gasteiger partial charge in [0.05, 0.1) is 7.11 Å². The van der Waals surface area contributed by atoms with Gasteiger partial charge in [-0.1, -0.05) is 0 Å². The number of nitrogens with zero attached hydrogens (tertiary/aromatic N) is 3. The molecular formula is C12H17N3O2. The van der Waals surface area contributed by atoms with Crippen LogP contribution in [0, 0.1) is 0 Å². The molecule has 0 saturated carbocycles. The molecule has 0 fully saturated rings. The van der Waals surface area contributed by atoms with Gasteiger partial charge in [-0.15, -0.1) is 0 Å². The fourth-order valence-electron chi connectivity index (χ4n) is 2.17. The summed E-state index contributed by atoms with van der Waals surface area (Å²) >= 11 is 0. The van der Waals surface area contributed by atoms with Crippen LogP contribution in [-0.2, 0) is 22.4 Å². The summed E-state index contributed by atoms with van der Waals surface area (Å²) in [5.74, 6) is 0.651. The van der Waals surface area contributed by atoms with Gasteiger partial charge in [0.15, 0.2) is 0 Å². The molecule has 0 aromatic carbocycles. The van der Waals surface area contributed by atoms with Crippen LogP contribution in [0.5, 0.6) is 0 Å². The summed E-state index contributed by atoms with van der Waals surface area (Å²) in [4.78, 5) is 21.9. The first kappa shape index (κ1) is 11.8. The number of hydrogen-bond acceptors (Lipinski definition) is 5. The van der Waals surface area contributed by atoms with Crippen LogP contribution >= 0.6 is 0 Å². The minimum absolute atomic E-state index is 0.239. The summed E-state index contributed by atoms with van der Waals surface area (Å²) in [6.07, 6.45) is 4.72. The van der Waals surface area contributed by atoms with Crippen molar-refractivity contribution in [3.8, 4) is 0 Å². The summed E-state index contributed by atoms with van der Waals surface area (Å²) in [5.41, 5.74) is 2.32. The van der Waals surface area contributed by atoms with Gasteiger partial charge >= 0.3 is 5.97 Å². The van der Waals surface area contributed by atoms with Crippen molar-refractivity contribution >= 4 is 11.8 Å². The van der Waals surface area contributed by atoms with E-state index in [2.05, 4.69) is 9.97 Å². The lowest BCUT2D eigenvalue weighted by atomic mass is 10.2.